The topological polar surface area (TPSA) is 82.1 Å². The average molecular weight is 692 g/mol. The Bertz CT molecular complexity index is 1790. The molecular weight excluding hydrogens is 650 g/mol. The molecule has 50 heavy (non-hydrogen) atoms. The molecule has 1 aliphatic rings. The van der Waals surface area contributed by atoms with Crippen molar-refractivity contribution in [3.8, 4) is 16.9 Å². The second kappa shape index (κ2) is 15.4. The maximum absolute atomic E-state index is 14.0. The molecule has 0 saturated carbocycles. The van der Waals surface area contributed by atoms with Crippen molar-refractivity contribution in [2.75, 3.05) is 32.1 Å². The molecule has 0 spiro atoms. The lowest BCUT2D eigenvalue weighted by Gasteiger charge is -2.38. The molecule has 0 fully saturated rings. The van der Waals surface area contributed by atoms with E-state index in [4.69, 9.17) is 4.74 Å². The molecule has 0 bridgehead atoms. The Hall–Kier alpha value is -4.74. The Labute approximate surface area is 289 Å². The summed E-state index contributed by atoms with van der Waals surface area (Å²) in [5, 5.41) is 12.8. The minimum Gasteiger partial charge on any atom is -0.486 e. The van der Waals surface area contributed by atoms with Gasteiger partial charge in [-0.25, -0.2) is 4.39 Å². The summed E-state index contributed by atoms with van der Waals surface area (Å²) in [5.74, 6) is -1.12. The standard InChI is InChI=1S/C39H41F4N3O4/c1-24-16-30(19-32(40)17-24)29-12-8-28(9-13-29)21-45(4)22-35-25(2)20-46(26(3)23-47)38(49)33-6-5-7-34(37(33)50-35)44-36(48)18-27-10-14-31(15-11-27)39(41,42)43/h5-17,19,25-26,35,47H,18,20-23H2,1-4H3,(H,44,48)/t25-,26+,35-/m1/s1. The molecule has 4 aromatic carbocycles. The fraction of sp³-hybridized carbons (Fsp3) is 0.333. The number of nitrogens with zero attached hydrogens (tertiary/aromatic N) is 2. The first-order chi connectivity index (χ1) is 23.7. The predicted octanol–water partition coefficient (Wildman–Crippen LogP) is 7.35. The van der Waals surface area contributed by atoms with E-state index in [0.29, 0.717) is 25.2 Å². The number of hydrogen-bond acceptors (Lipinski definition) is 5. The summed E-state index contributed by atoms with van der Waals surface area (Å²) in [4.78, 5) is 30.7. The van der Waals surface area contributed by atoms with E-state index in [2.05, 4.69) is 10.2 Å². The van der Waals surface area contributed by atoms with Gasteiger partial charge in [-0.2, -0.15) is 13.2 Å². The molecule has 1 aliphatic heterocycles. The Morgan fingerprint density at radius 2 is 1.70 bits per heavy atom. The van der Waals surface area contributed by atoms with Gasteiger partial charge in [-0.15, -0.1) is 0 Å². The molecule has 0 unspecified atom stereocenters. The lowest BCUT2D eigenvalue weighted by Crippen LogP contribution is -2.49. The summed E-state index contributed by atoms with van der Waals surface area (Å²) in [6, 6.07) is 21.6. The van der Waals surface area contributed by atoms with Crippen molar-refractivity contribution < 1.29 is 37.0 Å². The number of amides is 2. The number of fused-ring (bicyclic) bond motifs is 1. The Morgan fingerprint density at radius 1 is 1.02 bits per heavy atom. The van der Waals surface area contributed by atoms with Crippen LogP contribution in [0, 0.1) is 18.7 Å². The van der Waals surface area contributed by atoms with Crippen molar-refractivity contribution in [3.63, 3.8) is 0 Å². The van der Waals surface area contributed by atoms with Gasteiger partial charge in [0.15, 0.2) is 5.75 Å². The first-order valence-corrected chi connectivity index (χ1v) is 16.4. The number of alkyl halides is 3. The normalized spacial score (nSPS) is 17.1. The first kappa shape index (κ1) is 36.5. The maximum atomic E-state index is 14.0. The van der Waals surface area contributed by atoms with Crippen molar-refractivity contribution in [1.82, 2.24) is 9.80 Å². The lowest BCUT2D eigenvalue weighted by molar-refractivity contribution is -0.137. The van der Waals surface area contributed by atoms with E-state index in [-0.39, 0.29) is 47.7 Å². The average Bonchev–Trinajstić information content (AvgIpc) is 3.06. The number of halogens is 4. The highest BCUT2D eigenvalue weighted by Crippen LogP contribution is 2.35. The molecule has 4 aromatic rings. The molecular formula is C39H41F4N3O4. The fourth-order valence-corrected chi connectivity index (χ4v) is 6.14. The van der Waals surface area contributed by atoms with Crippen LogP contribution in [-0.2, 0) is 23.9 Å². The molecule has 0 aromatic heterocycles. The molecule has 1 heterocycles. The van der Waals surface area contributed by atoms with Gasteiger partial charge in [-0.05, 0) is 85.1 Å². The second-order valence-electron chi connectivity index (χ2n) is 13.1. The summed E-state index contributed by atoms with van der Waals surface area (Å²) < 4.78 is 59.6. The fourth-order valence-electron chi connectivity index (χ4n) is 6.14. The first-order valence-electron chi connectivity index (χ1n) is 16.4. The van der Waals surface area contributed by atoms with Gasteiger partial charge in [0, 0.05) is 25.6 Å². The zero-order chi connectivity index (χ0) is 36.2. The van der Waals surface area contributed by atoms with Crippen LogP contribution in [0.15, 0.2) is 84.9 Å². The van der Waals surface area contributed by atoms with Crippen LogP contribution in [0.1, 0.15) is 46.5 Å². The molecule has 7 nitrogen and oxygen atoms in total. The van der Waals surface area contributed by atoms with Crippen LogP contribution >= 0.6 is 0 Å². The van der Waals surface area contributed by atoms with Gasteiger partial charge in [0.05, 0.1) is 35.9 Å². The van der Waals surface area contributed by atoms with Gasteiger partial charge in [-0.3, -0.25) is 14.5 Å². The minimum absolute atomic E-state index is 0.182. The third kappa shape index (κ3) is 8.88. The highest BCUT2D eigenvalue weighted by molar-refractivity contribution is 6.02. The molecule has 5 rings (SSSR count). The Balaban J connectivity index is 1.36. The number of para-hydroxylation sites is 1. The molecule has 0 radical (unpaired) electrons. The molecule has 3 atom stereocenters. The van der Waals surface area contributed by atoms with Crippen LogP contribution in [0.2, 0.25) is 0 Å². The van der Waals surface area contributed by atoms with Crippen LogP contribution in [0.25, 0.3) is 11.1 Å². The third-order valence-corrected chi connectivity index (χ3v) is 8.88. The van der Waals surface area contributed by atoms with Gasteiger partial charge < -0.3 is 20.1 Å². The highest BCUT2D eigenvalue weighted by atomic mass is 19.4. The summed E-state index contributed by atoms with van der Waals surface area (Å²) in [6.07, 6.45) is -5.12. The molecule has 2 amide bonds. The van der Waals surface area contributed by atoms with Crippen LogP contribution < -0.4 is 10.1 Å². The number of nitrogens with one attached hydrogen (secondary N) is 1. The van der Waals surface area contributed by atoms with Gasteiger partial charge in [0.1, 0.15) is 11.9 Å². The molecule has 0 saturated heterocycles. The van der Waals surface area contributed by atoms with E-state index in [1.807, 2.05) is 51.2 Å². The zero-order valence-corrected chi connectivity index (χ0v) is 28.4. The number of aliphatic hydroxyl groups is 1. The zero-order valence-electron chi connectivity index (χ0n) is 28.4. The number of benzene rings is 4. The summed E-state index contributed by atoms with van der Waals surface area (Å²) in [5.41, 5.74) is 3.65. The molecule has 0 aliphatic carbocycles. The largest absolute Gasteiger partial charge is 0.486 e. The number of likely N-dealkylation sites (N-methyl/N-ethyl adjacent to an activating group) is 1. The van der Waals surface area contributed by atoms with Crippen molar-refractivity contribution in [1.29, 1.82) is 0 Å². The smallest absolute Gasteiger partial charge is 0.416 e. The Morgan fingerprint density at radius 3 is 2.34 bits per heavy atom. The lowest BCUT2D eigenvalue weighted by atomic mass is 9.98. The maximum Gasteiger partial charge on any atom is 0.416 e. The van der Waals surface area contributed by atoms with E-state index in [1.54, 1.807) is 30.0 Å². The summed E-state index contributed by atoms with van der Waals surface area (Å²) in [7, 11) is 1.95. The van der Waals surface area contributed by atoms with Crippen LogP contribution in [0.5, 0.6) is 5.75 Å². The molecule has 264 valence electrons. The van der Waals surface area contributed by atoms with Gasteiger partial charge in [-0.1, -0.05) is 55.5 Å². The number of aliphatic hydroxyl groups excluding tert-OH is 1. The van der Waals surface area contributed by atoms with E-state index in [0.717, 1.165) is 34.4 Å². The second-order valence-corrected chi connectivity index (χ2v) is 13.1. The number of aryl methyl sites for hydroxylation is 1. The van der Waals surface area contributed by atoms with Crippen molar-refractivity contribution in [2.45, 2.75) is 52.1 Å². The minimum atomic E-state index is -4.48. The van der Waals surface area contributed by atoms with Crippen molar-refractivity contribution >= 4 is 17.5 Å². The number of rotatable bonds is 10. The van der Waals surface area contributed by atoms with E-state index in [1.165, 1.54) is 24.3 Å². The number of hydrogen-bond donors (Lipinski definition) is 2. The van der Waals surface area contributed by atoms with Crippen molar-refractivity contribution in [2.24, 2.45) is 5.92 Å². The molecule has 11 heteroatoms. The van der Waals surface area contributed by atoms with Crippen molar-refractivity contribution in [3.05, 3.63) is 119 Å². The van der Waals surface area contributed by atoms with Crippen LogP contribution in [0.4, 0.5) is 23.2 Å². The van der Waals surface area contributed by atoms with Crippen LogP contribution in [-0.4, -0.2) is 65.6 Å². The van der Waals surface area contributed by atoms with E-state index >= 15 is 0 Å². The SMILES string of the molecule is Cc1cc(F)cc(-c2ccc(CN(C)C[C@H]3Oc4c(NC(=O)Cc5ccc(C(F)(F)F)cc5)cccc4C(=O)N([C@@H](C)CO)C[C@H]3C)cc2)c1. The number of ether oxygens (including phenoxy) is 1. The van der Waals surface area contributed by atoms with Gasteiger partial charge >= 0.3 is 6.18 Å². The highest BCUT2D eigenvalue weighted by Gasteiger charge is 2.35. The number of anilines is 1. The number of carbonyl (C=O) groups excluding carboxylic acids is 2. The van der Waals surface area contributed by atoms with E-state index < -0.39 is 29.8 Å². The van der Waals surface area contributed by atoms with E-state index in [9.17, 15) is 32.3 Å². The summed E-state index contributed by atoms with van der Waals surface area (Å²) in [6.45, 7) is 6.69. The Kier molecular flexibility index (Phi) is 11.3. The van der Waals surface area contributed by atoms with Crippen LogP contribution in [0.3, 0.4) is 0 Å². The van der Waals surface area contributed by atoms with Gasteiger partial charge in [0.25, 0.3) is 5.91 Å². The monoisotopic (exact) mass is 691 g/mol. The molecule has 2 N–H and O–H groups in total. The van der Waals surface area contributed by atoms with Gasteiger partial charge in [0.2, 0.25) is 5.91 Å². The summed E-state index contributed by atoms with van der Waals surface area (Å²) >= 11 is 0. The predicted molar refractivity (Wildman–Crippen MR) is 184 cm³/mol. The number of carbonyl (C=O) groups is 2. The third-order valence-electron chi connectivity index (χ3n) is 8.88. The quantitative estimate of drug-likeness (QED) is 0.170.